The Hall–Kier alpha value is -1.75. The van der Waals surface area contributed by atoms with Gasteiger partial charge < -0.3 is 19.9 Å². The van der Waals surface area contributed by atoms with Crippen molar-refractivity contribution >= 4 is 5.91 Å². The van der Waals surface area contributed by atoms with E-state index in [2.05, 4.69) is 5.32 Å². The summed E-state index contributed by atoms with van der Waals surface area (Å²) in [7, 11) is 3.04. The normalized spacial score (nSPS) is 16.8. The molecule has 0 bridgehead atoms. The Bertz CT molecular complexity index is 481. The summed E-state index contributed by atoms with van der Waals surface area (Å²) in [5.74, 6) is 0.694. The molecule has 5 heteroatoms. The van der Waals surface area contributed by atoms with E-state index in [1.807, 2.05) is 0 Å². The second-order valence-electron chi connectivity index (χ2n) is 5.14. The van der Waals surface area contributed by atoms with Gasteiger partial charge >= 0.3 is 0 Å². The largest absolute Gasteiger partial charge is 0.493 e. The second-order valence-corrected chi connectivity index (χ2v) is 5.14. The fourth-order valence-corrected chi connectivity index (χ4v) is 2.75. The summed E-state index contributed by atoms with van der Waals surface area (Å²) < 4.78 is 10.5. The number of carbonyl (C=O) groups excluding carboxylic acids is 1. The van der Waals surface area contributed by atoms with E-state index in [1.165, 1.54) is 14.2 Å². The number of methoxy groups -OCH3 is 2. The fraction of sp³-hybridized carbons (Fsp3) is 0.533. The number of amides is 1. The molecule has 0 aliphatic heterocycles. The molecule has 0 unspecified atom stereocenters. The second kappa shape index (κ2) is 6.13. The van der Waals surface area contributed by atoms with Crippen LogP contribution < -0.4 is 14.8 Å². The molecule has 1 aromatic rings. The number of hydrogen-bond donors (Lipinski definition) is 2. The molecule has 1 fully saturated rings. The van der Waals surface area contributed by atoms with Gasteiger partial charge in [-0.15, -0.1) is 0 Å². The van der Waals surface area contributed by atoms with Crippen LogP contribution in [0.25, 0.3) is 0 Å². The number of ether oxygens (including phenoxy) is 2. The molecule has 0 saturated heterocycles. The van der Waals surface area contributed by atoms with Gasteiger partial charge in [-0.3, -0.25) is 4.79 Å². The third-order valence-electron chi connectivity index (χ3n) is 3.89. The van der Waals surface area contributed by atoms with Crippen molar-refractivity contribution in [1.82, 2.24) is 5.32 Å². The Morgan fingerprint density at radius 2 is 2.00 bits per heavy atom. The van der Waals surface area contributed by atoms with Crippen LogP contribution in [0.1, 0.15) is 36.0 Å². The summed E-state index contributed by atoms with van der Waals surface area (Å²) in [4.78, 5) is 12.5. The number of aliphatic hydroxyl groups excluding tert-OH is 1. The zero-order valence-electron chi connectivity index (χ0n) is 11.9. The lowest BCUT2D eigenvalue weighted by Crippen LogP contribution is -2.49. The van der Waals surface area contributed by atoms with Crippen molar-refractivity contribution in [3.8, 4) is 11.5 Å². The first-order chi connectivity index (χ1) is 9.65. The topological polar surface area (TPSA) is 67.8 Å². The van der Waals surface area contributed by atoms with Gasteiger partial charge in [0.15, 0.2) is 11.5 Å². The summed E-state index contributed by atoms with van der Waals surface area (Å²) in [6, 6.07) is 5.18. The van der Waals surface area contributed by atoms with E-state index < -0.39 is 5.54 Å². The molecule has 2 rings (SSSR count). The average Bonchev–Trinajstić information content (AvgIpc) is 2.95. The number of hydrogen-bond acceptors (Lipinski definition) is 4. The van der Waals surface area contributed by atoms with Crippen LogP contribution in [-0.2, 0) is 0 Å². The minimum Gasteiger partial charge on any atom is -0.493 e. The van der Waals surface area contributed by atoms with Crippen LogP contribution in [0.15, 0.2) is 18.2 Å². The molecule has 0 atom stereocenters. The van der Waals surface area contributed by atoms with E-state index in [-0.39, 0.29) is 12.5 Å². The zero-order chi connectivity index (χ0) is 14.6. The van der Waals surface area contributed by atoms with Crippen LogP contribution >= 0.6 is 0 Å². The zero-order valence-corrected chi connectivity index (χ0v) is 11.9. The molecule has 0 aromatic heterocycles. The molecule has 5 nitrogen and oxygen atoms in total. The van der Waals surface area contributed by atoms with E-state index in [1.54, 1.807) is 18.2 Å². The SMILES string of the molecule is COc1cccc(C(=O)NC2(CO)CCCC2)c1OC. The van der Waals surface area contributed by atoms with Gasteiger partial charge in [-0.05, 0) is 25.0 Å². The number of benzene rings is 1. The van der Waals surface area contributed by atoms with Crippen molar-refractivity contribution in [2.24, 2.45) is 0 Å². The Morgan fingerprint density at radius 3 is 2.55 bits per heavy atom. The van der Waals surface area contributed by atoms with E-state index in [4.69, 9.17) is 9.47 Å². The summed E-state index contributed by atoms with van der Waals surface area (Å²) in [6.07, 6.45) is 3.66. The Labute approximate surface area is 118 Å². The lowest BCUT2D eigenvalue weighted by molar-refractivity contribution is 0.0835. The maximum Gasteiger partial charge on any atom is 0.255 e. The average molecular weight is 279 g/mol. The quantitative estimate of drug-likeness (QED) is 0.861. The highest BCUT2D eigenvalue weighted by Crippen LogP contribution is 2.33. The van der Waals surface area contributed by atoms with Gasteiger partial charge in [0.2, 0.25) is 0 Å². The van der Waals surface area contributed by atoms with Crippen molar-refractivity contribution in [2.45, 2.75) is 31.2 Å². The predicted octanol–water partition coefficient (Wildman–Crippen LogP) is 1.74. The maximum absolute atomic E-state index is 12.5. The predicted molar refractivity (Wildman–Crippen MR) is 75.3 cm³/mol. The molecule has 0 spiro atoms. The molecule has 1 aliphatic rings. The molecule has 1 amide bonds. The first kappa shape index (κ1) is 14.7. The highest BCUT2D eigenvalue weighted by molar-refractivity contribution is 5.98. The summed E-state index contributed by atoms with van der Waals surface area (Å²) in [6.45, 7) is -0.0367. The summed E-state index contributed by atoms with van der Waals surface area (Å²) in [5.41, 5.74) is -0.0721. The third-order valence-corrected chi connectivity index (χ3v) is 3.89. The smallest absolute Gasteiger partial charge is 0.255 e. The molecule has 110 valence electrons. The molecule has 1 aromatic carbocycles. The fourth-order valence-electron chi connectivity index (χ4n) is 2.75. The van der Waals surface area contributed by atoms with Gasteiger partial charge in [0, 0.05) is 0 Å². The van der Waals surface area contributed by atoms with Crippen LogP contribution in [0.4, 0.5) is 0 Å². The lowest BCUT2D eigenvalue weighted by atomic mass is 9.98. The van der Waals surface area contributed by atoms with Crippen LogP contribution in [0.2, 0.25) is 0 Å². The Morgan fingerprint density at radius 1 is 1.30 bits per heavy atom. The van der Waals surface area contributed by atoms with Gasteiger partial charge in [0.05, 0.1) is 31.9 Å². The van der Waals surface area contributed by atoms with Gasteiger partial charge in [-0.2, -0.15) is 0 Å². The first-order valence-corrected chi connectivity index (χ1v) is 6.80. The highest BCUT2D eigenvalue weighted by atomic mass is 16.5. The number of nitrogens with one attached hydrogen (secondary N) is 1. The summed E-state index contributed by atoms with van der Waals surface area (Å²) >= 11 is 0. The van der Waals surface area contributed by atoms with E-state index in [0.29, 0.717) is 17.1 Å². The minimum atomic E-state index is -0.495. The number of aliphatic hydroxyl groups is 1. The molecule has 0 heterocycles. The number of rotatable bonds is 5. The van der Waals surface area contributed by atoms with Crippen LogP contribution in [0.5, 0.6) is 11.5 Å². The van der Waals surface area contributed by atoms with E-state index in [9.17, 15) is 9.90 Å². The van der Waals surface area contributed by atoms with Crippen molar-refractivity contribution in [2.75, 3.05) is 20.8 Å². The van der Waals surface area contributed by atoms with Gasteiger partial charge in [0.25, 0.3) is 5.91 Å². The molecule has 1 aliphatic carbocycles. The molecule has 2 N–H and O–H groups in total. The number of para-hydroxylation sites is 1. The van der Waals surface area contributed by atoms with Crippen molar-refractivity contribution in [3.05, 3.63) is 23.8 Å². The van der Waals surface area contributed by atoms with Crippen molar-refractivity contribution in [1.29, 1.82) is 0 Å². The minimum absolute atomic E-state index is 0.0367. The molecular formula is C15H21NO4. The molecule has 1 saturated carbocycles. The molecule has 0 radical (unpaired) electrons. The van der Waals surface area contributed by atoms with Crippen LogP contribution in [0, 0.1) is 0 Å². The van der Waals surface area contributed by atoms with Crippen LogP contribution in [-0.4, -0.2) is 37.4 Å². The highest BCUT2D eigenvalue weighted by Gasteiger charge is 2.35. The van der Waals surface area contributed by atoms with E-state index in [0.717, 1.165) is 25.7 Å². The van der Waals surface area contributed by atoms with Crippen LogP contribution in [0.3, 0.4) is 0 Å². The van der Waals surface area contributed by atoms with Crippen molar-refractivity contribution < 1.29 is 19.4 Å². The monoisotopic (exact) mass is 279 g/mol. The lowest BCUT2D eigenvalue weighted by Gasteiger charge is -2.28. The van der Waals surface area contributed by atoms with Gasteiger partial charge in [-0.25, -0.2) is 0 Å². The van der Waals surface area contributed by atoms with Crippen molar-refractivity contribution in [3.63, 3.8) is 0 Å². The molecular weight excluding hydrogens is 258 g/mol. The standard InChI is InChI=1S/C15H21NO4/c1-19-12-7-5-6-11(13(12)20-2)14(18)16-15(10-17)8-3-4-9-15/h5-7,17H,3-4,8-10H2,1-2H3,(H,16,18). The van der Waals surface area contributed by atoms with Gasteiger partial charge in [0.1, 0.15) is 0 Å². The number of carbonyl (C=O) groups is 1. The molecule has 20 heavy (non-hydrogen) atoms. The third kappa shape index (κ3) is 2.72. The van der Waals surface area contributed by atoms with E-state index >= 15 is 0 Å². The Balaban J connectivity index is 2.25. The first-order valence-electron chi connectivity index (χ1n) is 6.80. The Kier molecular flexibility index (Phi) is 4.49. The van der Waals surface area contributed by atoms with Gasteiger partial charge in [-0.1, -0.05) is 18.9 Å². The summed E-state index contributed by atoms with van der Waals surface area (Å²) in [5, 5.41) is 12.5. The maximum atomic E-state index is 12.5.